The van der Waals surface area contributed by atoms with Gasteiger partial charge in [-0.2, -0.15) is 5.10 Å². The standard InChI is InChI=1S/C15H28N4/c1-10(2)13-6-8-18(9-7-13)15-14(16)12(5)17-19(15)11(3)4/h10-11,13H,6-9,16H2,1-5H3. The number of aromatic nitrogens is 2. The quantitative estimate of drug-likeness (QED) is 0.911. The van der Waals surface area contributed by atoms with Crippen LogP contribution < -0.4 is 10.6 Å². The van der Waals surface area contributed by atoms with Crippen LogP contribution in [0.5, 0.6) is 0 Å². The second kappa shape index (κ2) is 5.43. The van der Waals surface area contributed by atoms with E-state index >= 15 is 0 Å². The molecule has 1 saturated heterocycles. The first kappa shape index (κ1) is 14.2. The van der Waals surface area contributed by atoms with Crippen LogP contribution in [0.2, 0.25) is 0 Å². The molecule has 2 rings (SSSR count). The summed E-state index contributed by atoms with van der Waals surface area (Å²) in [7, 11) is 0. The summed E-state index contributed by atoms with van der Waals surface area (Å²) in [5, 5.41) is 4.59. The maximum atomic E-state index is 6.24. The second-order valence-electron chi connectivity index (χ2n) is 6.43. The lowest BCUT2D eigenvalue weighted by Crippen LogP contribution is -2.37. The fourth-order valence-corrected chi connectivity index (χ4v) is 3.00. The summed E-state index contributed by atoms with van der Waals surface area (Å²) in [6.07, 6.45) is 2.53. The Kier molecular flexibility index (Phi) is 4.07. The Balaban J connectivity index is 2.19. The number of anilines is 2. The van der Waals surface area contributed by atoms with E-state index in [1.165, 1.54) is 12.8 Å². The summed E-state index contributed by atoms with van der Waals surface area (Å²) >= 11 is 0. The van der Waals surface area contributed by atoms with Crippen molar-refractivity contribution in [2.75, 3.05) is 23.7 Å². The van der Waals surface area contributed by atoms with E-state index in [1.54, 1.807) is 0 Å². The van der Waals surface area contributed by atoms with Gasteiger partial charge in [0.2, 0.25) is 0 Å². The molecule has 0 saturated carbocycles. The molecule has 1 aliphatic heterocycles. The summed E-state index contributed by atoms with van der Waals surface area (Å²) < 4.78 is 2.08. The zero-order chi connectivity index (χ0) is 14.2. The monoisotopic (exact) mass is 264 g/mol. The summed E-state index contributed by atoms with van der Waals surface area (Å²) in [5.74, 6) is 2.78. The van der Waals surface area contributed by atoms with Crippen LogP contribution in [0.4, 0.5) is 11.5 Å². The summed E-state index contributed by atoms with van der Waals surface area (Å²) in [4.78, 5) is 2.42. The summed E-state index contributed by atoms with van der Waals surface area (Å²) in [6, 6.07) is 0.355. The normalized spacial score (nSPS) is 17.7. The van der Waals surface area contributed by atoms with Gasteiger partial charge < -0.3 is 10.6 Å². The molecule has 0 bridgehead atoms. The van der Waals surface area contributed by atoms with Crippen molar-refractivity contribution in [2.45, 2.75) is 53.5 Å². The number of hydrogen-bond donors (Lipinski definition) is 1. The minimum Gasteiger partial charge on any atom is -0.394 e. The van der Waals surface area contributed by atoms with Crippen LogP contribution in [-0.4, -0.2) is 22.9 Å². The van der Waals surface area contributed by atoms with Crippen molar-refractivity contribution in [3.63, 3.8) is 0 Å². The Bertz CT molecular complexity index is 426. The van der Waals surface area contributed by atoms with E-state index < -0.39 is 0 Å². The maximum Gasteiger partial charge on any atom is 0.150 e. The number of rotatable bonds is 3. The van der Waals surface area contributed by atoms with Gasteiger partial charge in [-0.15, -0.1) is 0 Å². The predicted octanol–water partition coefficient (Wildman–Crippen LogP) is 3.23. The van der Waals surface area contributed by atoms with Gasteiger partial charge in [-0.25, -0.2) is 4.68 Å². The van der Waals surface area contributed by atoms with E-state index in [-0.39, 0.29) is 0 Å². The van der Waals surface area contributed by atoms with Gasteiger partial charge >= 0.3 is 0 Å². The number of nitrogens with two attached hydrogens (primary N) is 1. The molecule has 4 nitrogen and oxygen atoms in total. The molecule has 19 heavy (non-hydrogen) atoms. The van der Waals surface area contributed by atoms with E-state index in [1.807, 2.05) is 6.92 Å². The number of hydrogen-bond acceptors (Lipinski definition) is 3. The lowest BCUT2D eigenvalue weighted by Gasteiger charge is -2.36. The van der Waals surface area contributed by atoms with E-state index in [0.29, 0.717) is 6.04 Å². The maximum absolute atomic E-state index is 6.24. The van der Waals surface area contributed by atoms with Gasteiger partial charge in [0.05, 0.1) is 11.4 Å². The minimum atomic E-state index is 0.355. The van der Waals surface area contributed by atoms with Crippen LogP contribution >= 0.6 is 0 Å². The first-order valence-corrected chi connectivity index (χ1v) is 7.51. The largest absolute Gasteiger partial charge is 0.394 e. The molecule has 2 heterocycles. The minimum absolute atomic E-state index is 0.355. The Hall–Kier alpha value is -1.19. The van der Waals surface area contributed by atoms with Crippen molar-refractivity contribution in [3.05, 3.63) is 5.69 Å². The van der Waals surface area contributed by atoms with E-state index in [0.717, 1.165) is 42.1 Å². The van der Waals surface area contributed by atoms with Gasteiger partial charge in [0, 0.05) is 19.1 Å². The molecule has 0 spiro atoms. The summed E-state index contributed by atoms with van der Waals surface area (Å²) in [5.41, 5.74) is 8.05. The van der Waals surface area contributed by atoms with Crippen molar-refractivity contribution < 1.29 is 0 Å². The molecule has 0 radical (unpaired) electrons. The lowest BCUT2D eigenvalue weighted by atomic mass is 9.87. The number of piperidine rings is 1. The molecule has 0 aliphatic carbocycles. The van der Waals surface area contributed by atoms with Crippen molar-refractivity contribution in [3.8, 4) is 0 Å². The fraction of sp³-hybridized carbons (Fsp3) is 0.800. The SMILES string of the molecule is Cc1nn(C(C)C)c(N2CCC(C(C)C)CC2)c1N. The smallest absolute Gasteiger partial charge is 0.150 e. The Morgan fingerprint density at radius 2 is 1.74 bits per heavy atom. The Labute approximate surface area is 117 Å². The number of nitrogen functional groups attached to an aromatic ring is 1. The van der Waals surface area contributed by atoms with Gasteiger partial charge in [-0.05, 0) is 45.4 Å². The van der Waals surface area contributed by atoms with Gasteiger partial charge in [-0.1, -0.05) is 13.8 Å². The van der Waals surface area contributed by atoms with Crippen LogP contribution in [0, 0.1) is 18.8 Å². The molecule has 1 aromatic heterocycles. The Morgan fingerprint density at radius 1 is 1.16 bits per heavy atom. The lowest BCUT2D eigenvalue weighted by molar-refractivity contribution is 0.308. The van der Waals surface area contributed by atoms with E-state index in [4.69, 9.17) is 5.73 Å². The third kappa shape index (κ3) is 2.72. The molecule has 0 aromatic carbocycles. The molecule has 0 amide bonds. The van der Waals surface area contributed by atoms with Gasteiger partial charge in [0.1, 0.15) is 0 Å². The number of nitrogens with zero attached hydrogens (tertiary/aromatic N) is 3. The molecule has 1 aliphatic rings. The second-order valence-corrected chi connectivity index (χ2v) is 6.43. The highest BCUT2D eigenvalue weighted by molar-refractivity contribution is 5.66. The third-order valence-corrected chi connectivity index (χ3v) is 4.38. The topological polar surface area (TPSA) is 47.1 Å². The van der Waals surface area contributed by atoms with Crippen molar-refractivity contribution in [1.82, 2.24) is 9.78 Å². The molecule has 4 heteroatoms. The third-order valence-electron chi connectivity index (χ3n) is 4.38. The van der Waals surface area contributed by atoms with Gasteiger partial charge in [-0.3, -0.25) is 0 Å². The van der Waals surface area contributed by atoms with Crippen LogP contribution in [-0.2, 0) is 0 Å². The number of aryl methyl sites for hydroxylation is 1. The van der Waals surface area contributed by atoms with Gasteiger partial charge in [0.25, 0.3) is 0 Å². The molecular weight excluding hydrogens is 236 g/mol. The highest BCUT2D eigenvalue weighted by atomic mass is 15.4. The van der Waals surface area contributed by atoms with Crippen molar-refractivity contribution in [1.29, 1.82) is 0 Å². The predicted molar refractivity (Wildman–Crippen MR) is 81.5 cm³/mol. The Morgan fingerprint density at radius 3 is 2.21 bits per heavy atom. The molecule has 108 valence electrons. The fourth-order valence-electron chi connectivity index (χ4n) is 3.00. The van der Waals surface area contributed by atoms with Crippen LogP contribution in [0.3, 0.4) is 0 Å². The molecule has 1 aromatic rings. The van der Waals surface area contributed by atoms with Crippen LogP contribution in [0.1, 0.15) is 52.3 Å². The van der Waals surface area contributed by atoms with Gasteiger partial charge in [0.15, 0.2) is 5.82 Å². The summed E-state index contributed by atoms with van der Waals surface area (Å²) in [6.45, 7) is 13.2. The van der Waals surface area contributed by atoms with E-state index in [2.05, 4.69) is 42.4 Å². The molecular formula is C15H28N4. The molecule has 1 fully saturated rings. The highest BCUT2D eigenvalue weighted by Gasteiger charge is 2.26. The highest BCUT2D eigenvalue weighted by Crippen LogP contribution is 2.33. The van der Waals surface area contributed by atoms with Crippen molar-refractivity contribution >= 4 is 11.5 Å². The first-order valence-electron chi connectivity index (χ1n) is 7.51. The van der Waals surface area contributed by atoms with E-state index in [9.17, 15) is 0 Å². The zero-order valence-electron chi connectivity index (χ0n) is 13.0. The molecule has 0 atom stereocenters. The molecule has 0 unspecified atom stereocenters. The van der Waals surface area contributed by atoms with Crippen LogP contribution in [0.25, 0.3) is 0 Å². The average molecular weight is 264 g/mol. The van der Waals surface area contributed by atoms with Crippen molar-refractivity contribution in [2.24, 2.45) is 11.8 Å². The average Bonchev–Trinajstić information content (AvgIpc) is 2.66. The zero-order valence-corrected chi connectivity index (χ0v) is 13.0. The molecule has 2 N–H and O–H groups in total. The first-order chi connectivity index (χ1) is 8.91. The van der Waals surface area contributed by atoms with Crippen LogP contribution in [0.15, 0.2) is 0 Å².